The zero-order valence-electron chi connectivity index (χ0n) is 17.5. The molecular formula is C23H25N3O4S. The van der Waals surface area contributed by atoms with E-state index in [-0.39, 0.29) is 29.7 Å². The summed E-state index contributed by atoms with van der Waals surface area (Å²) in [5.74, 6) is -0.355. The van der Waals surface area contributed by atoms with E-state index in [4.69, 9.17) is 0 Å². The summed E-state index contributed by atoms with van der Waals surface area (Å²) < 4.78 is 27.6. The minimum atomic E-state index is -3.72. The van der Waals surface area contributed by atoms with Gasteiger partial charge in [0.1, 0.15) is 0 Å². The largest absolute Gasteiger partial charge is 0.342 e. The van der Waals surface area contributed by atoms with E-state index < -0.39 is 10.0 Å². The van der Waals surface area contributed by atoms with Gasteiger partial charge in [-0.25, -0.2) is 13.1 Å². The zero-order chi connectivity index (χ0) is 22.4. The third-order valence-electron chi connectivity index (χ3n) is 4.84. The number of hydrogen-bond acceptors (Lipinski definition) is 4. The van der Waals surface area contributed by atoms with Crippen LogP contribution in [0, 0.1) is 0 Å². The fraction of sp³-hybridized carbons (Fsp3) is 0.217. The number of nitrogens with one attached hydrogen (secondary N) is 2. The standard InChI is InChI=1S/C23H25N3O4S/c1-17(27)26(2)16-18-6-5-9-21(14-18)25-23(28)12-13-24-31(29,30)22-11-10-19-7-3-4-8-20(19)15-22/h3-11,14-15,24H,12-13,16H2,1-2H3,(H,25,28). The van der Waals surface area contributed by atoms with Crippen molar-refractivity contribution < 1.29 is 18.0 Å². The van der Waals surface area contributed by atoms with Crippen LogP contribution >= 0.6 is 0 Å². The number of nitrogens with zero attached hydrogens (tertiary/aromatic N) is 1. The van der Waals surface area contributed by atoms with Crippen LogP contribution in [-0.4, -0.2) is 38.7 Å². The predicted octanol–water partition coefficient (Wildman–Crippen LogP) is 3.13. The maximum atomic E-state index is 12.5. The Morgan fingerprint density at radius 1 is 0.935 bits per heavy atom. The molecule has 0 heterocycles. The Kier molecular flexibility index (Phi) is 7.04. The number of rotatable bonds is 8. The lowest BCUT2D eigenvalue weighted by Crippen LogP contribution is -2.28. The third-order valence-corrected chi connectivity index (χ3v) is 6.30. The number of carbonyl (C=O) groups is 2. The van der Waals surface area contributed by atoms with Gasteiger partial charge in [0.2, 0.25) is 21.8 Å². The van der Waals surface area contributed by atoms with Gasteiger partial charge < -0.3 is 10.2 Å². The molecule has 0 aliphatic rings. The molecule has 7 nitrogen and oxygen atoms in total. The van der Waals surface area contributed by atoms with Crippen molar-refractivity contribution in [1.29, 1.82) is 0 Å². The van der Waals surface area contributed by atoms with Crippen LogP contribution in [0.5, 0.6) is 0 Å². The van der Waals surface area contributed by atoms with Gasteiger partial charge in [-0.05, 0) is 40.6 Å². The first-order valence-corrected chi connectivity index (χ1v) is 11.3. The molecule has 0 saturated heterocycles. The number of amides is 2. The second-order valence-corrected chi connectivity index (χ2v) is 9.05. The van der Waals surface area contributed by atoms with Crippen molar-refractivity contribution in [3.8, 4) is 0 Å². The summed E-state index contributed by atoms with van der Waals surface area (Å²) in [5, 5.41) is 4.55. The molecule has 0 bridgehead atoms. The molecule has 31 heavy (non-hydrogen) atoms. The Morgan fingerprint density at radius 2 is 1.68 bits per heavy atom. The highest BCUT2D eigenvalue weighted by molar-refractivity contribution is 7.89. The quantitative estimate of drug-likeness (QED) is 0.564. The van der Waals surface area contributed by atoms with E-state index in [9.17, 15) is 18.0 Å². The fourth-order valence-corrected chi connectivity index (χ4v) is 4.14. The van der Waals surface area contributed by atoms with E-state index in [0.717, 1.165) is 16.3 Å². The van der Waals surface area contributed by atoms with Crippen LogP contribution in [-0.2, 0) is 26.2 Å². The monoisotopic (exact) mass is 439 g/mol. The summed E-state index contributed by atoms with van der Waals surface area (Å²) in [5.41, 5.74) is 1.48. The van der Waals surface area contributed by atoms with Crippen molar-refractivity contribution in [3.05, 3.63) is 72.3 Å². The van der Waals surface area contributed by atoms with E-state index in [1.54, 1.807) is 48.3 Å². The van der Waals surface area contributed by atoms with Crippen LogP contribution in [0.25, 0.3) is 10.8 Å². The molecule has 8 heteroatoms. The van der Waals surface area contributed by atoms with E-state index in [0.29, 0.717) is 12.2 Å². The Bertz CT molecular complexity index is 1210. The lowest BCUT2D eigenvalue weighted by molar-refractivity contribution is -0.128. The number of sulfonamides is 1. The Labute approximate surface area is 182 Å². The van der Waals surface area contributed by atoms with Crippen LogP contribution in [0.4, 0.5) is 5.69 Å². The molecule has 2 amide bonds. The number of hydrogen-bond donors (Lipinski definition) is 2. The second kappa shape index (κ2) is 9.72. The third kappa shape index (κ3) is 6.13. The molecule has 0 radical (unpaired) electrons. The predicted molar refractivity (Wildman–Crippen MR) is 121 cm³/mol. The van der Waals surface area contributed by atoms with Gasteiger partial charge in [0.05, 0.1) is 4.90 Å². The number of anilines is 1. The molecule has 3 aromatic carbocycles. The highest BCUT2D eigenvalue weighted by Gasteiger charge is 2.15. The normalized spacial score (nSPS) is 11.3. The molecule has 0 atom stereocenters. The summed E-state index contributed by atoms with van der Waals surface area (Å²) in [6, 6.07) is 19.6. The summed E-state index contributed by atoms with van der Waals surface area (Å²) in [7, 11) is -2.01. The molecule has 0 unspecified atom stereocenters. The van der Waals surface area contributed by atoms with Crippen molar-refractivity contribution in [3.63, 3.8) is 0 Å². The minimum absolute atomic E-state index is 0.00954. The number of benzene rings is 3. The van der Waals surface area contributed by atoms with E-state index in [1.807, 2.05) is 30.3 Å². The number of fused-ring (bicyclic) bond motifs is 1. The van der Waals surface area contributed by atoms with Gasteiger partial charge in [-0.15, -0.1) is 0 Å². The van der Waals surface area contributed by atoms with Crippen molar-refractivity contribution >= 4 is 38.3 Å². The molecule has 0 aliphatic carbocycles. The van der Waals surface area contributed by atoms with Crippen LogP contribution in [0.3, 0.4) is 0 Å². The first-order valence-electron chi connectivity index (χ1n) is 9.83. The van der Waals surface area contributed by atoms with Gasteiger partial charge in [0, 0.05) is 39.2 Å². The molecule has 0 fully saturated rings. The van der Waals surface area contributed by atoms with Gasteiger partial charge in [-0.2, -0.15) is 0 Å². The van der Waals surface area contributed by atoms with Crippen molar-refractivity contribution in [2.75, 3.05) is 18.9 Å². The Hall–Kier alpha value is -3.23. The molecule has 162 valence electrons. The average Bonchev–Trinajstić information content (AvgIpc) is 2.73. The Morgan fingerprint density at radius 3 is 2.42 bits per heavy atom. The molecule has 3 rings (SSSR count). The molecule has 0 aliphatic heterocycles. The molecular weight excluding hydrogens is 414 g/mol. The molecule has 3 aromatic rings. The van der Waals surface area contributed by atoms with Crippen LogP contribution in [0.2, 0.25) is 0 Å². The van der Waals surface area contributed by atoms with Gasteiger partial charge in [-0.3, -0.25) is 9.59 Å². The lowest BCUT2D eigenvalue weighted by atomic mass is 10.1. The van der Waals surface area contributed by atoms with Crippen LogP contribution < -0.4 is 10.0 Å². The smallest absolute Gasteiger partial charge is 0.240 e. The van der Waals surface area contributed by atoms with Gasteiger partial charge in [-0.1, -0.05) is 42.5 Å². The van der Waals surface area contributed by atoms with E-state index in [2.05, 4.69) is 10.0 Å². The molecule has 0 aromatic heterocycles. The molecule has 0 spiro atoms. The van der Waals surface area contributed by atoms with Crippen molar-refractivity contribution in [2.45, 2.75) is 24.8 Å². The van der Waals surface area contributed by atoms with Gasteiger partial charge >= 0.3 is 0 Å². The minimum Gasteiger partial charge on any atom is -0.342 e. The first-order chi connectivity index (χ1) is 14.7. The topological polar surface area (TPSA) is 95.6 Å². The van der Waals surface area contributed by atoms with Crippen molar-refractivity contribution in [2.24, 2.45) is 0 Å². The SMILES string of the molecule is CC(=O)N(C)Cc1cccc(NC(=O)CCNS(=O)(=O)c2ccc3ccccc3c2)c1. The summed E-state index contributed by atoms with van der Waals surface area (Å²) in [6.07, 6.45) is -0.00954. The summed E-state index contributed by atoms with van der Waals surface area (Å²) in [6.45, 7) is 1.91. The second-order valence-electron chi connectivity index (χ2n) is 7.28. The zero-order valence-corrected chi connectivity index (χ0v) is 18.3. The van der Waals surface area contributed by atoms with E-state index >= 15 is 0 Å². The van der Waals surface area contributed by atoms with E-state index in [1.165, 1.54) is 6.92 Å². The molecule has 2 N–H and O–H groups in total. The van der Waals surface area contributed by atoms with Gasteiger partial charge in [0.15, 0.2) is 0 Å². The summed E-state index contributed by atoms with van der Waals surface area (Å²) >= 11 is 0. The van der Waals surface area contributed by atoms with Crippen LogP contribution in [0.15, 0.2) is 71.6 Å². The van der Waals surface area contributed by atoms with Gasteiger partial charge in [0.25, 0.3) is 0 Å². The number of carbonyl (C=O) groups excluding carboxylic acids is 2. The maximum absolute atomic E-state index is 12.5. The highest BCUT2D eigenvalue weighted by Crippen LogP contribution is 2.19. The maximum Gasteiger partial charge on any atom is 0.240 e. The average molecular weight is 440 g/mol. The van der Waals surface area contributed by atoms with Crippen LogP contribution in [0.1, 0.15) is 18.9 Å². The summed E-state index contributed by atoms with van der Waals surface area (Å²) in [4.78, 5) is 25.4. The lowest BCUT2D eigenvalue weighted by Gasteiger charge is -2.15. The molecule has 0 saturated carbocycles. The Balaban J connectivity index is 1.55. The fourth-order valence-electron chi connectivity index (χ4n) is 3.07. The highest BCUT2D eigenvalue weighted by atomic mass is 32.2. The first kappa shape index (κ1) is 22.5. The van der Waals surface area contributed by atoms with Crippen molar-refractivity contribution in [1.82, 2.24) is 9.62 Å².